The number of ether oxygens (including phenoxy) is 2. The van der Waals surface area contributed by atoms with Gasteiger partial charge in [0.15, 0.2) is 6.79 Å². The van der Waals surface area contributed by atoms with Gasteiger partial charge in [-0.25, -0.2) is 0 Å². The second-order valence-corrected chi connectivity index (χ2v) is 2.34. The Morgan fingerprint density at radius 3 is 2.92 bits per heavy atom. The summed E-state index contributed by atoms with van der Waals surface area (Å²) in [5.74, 6) is 0.305. The minimum absolute atomic E-state index is 0.0470. The van der Waals surface area contributed by atoms with E-state index in [1.165, 1.54) is 25.6 Å². The van der Waals surface area contributed by atoms with E-state index in [0.717, 1.165) is 0 Å². The molecule has 0 atom stereocenters. The smallest absolute Gasteiger partial charge is 0.466 e. The van der Waals surface area contributed by atoms with E-state index in [2.05, 4.69) is 9.72 Å². The van der Waals surface area contributed by atoms with E-state index in [-0.39, 0.29) is 12.3 Å². The van der Waals surface area contributed by atoms with Gasteiger partial charge in [0.2, 0.25) is 0 Å². The number of hydrogen-bond donors (Lipinski definition) is 2. The number of pyridine rings is 1. The predicted molar refractivity (Wildman–Crippen MR) is 46.6 cm³/mol. The molecule has 0 unspecified atom stereocenters. The Morgan fingerprint density at radius 1 is 1.54 bits per heavy atom. The number of aromatic nitrogens is 1. The lowest BCUT2D eigenvalue weighted by atomic mass is 9.80. The summed E-state index contributed by atoms with van der Waals surface area (Å²) in [5, 5.41) is 17.8. The van der Waals surface area contributed by atoms with Crippen molar-refractivity contribution in [3.05, 3.63) is 18.5 Å². The maximum atomic E-state index is 8.91. The third-order valence-corrected chi connectivity index (χ3v) is 1.43. The first-order chi connectivity index (χ1) is 6.25. The number of hydrogen-bond acceptors (Lipinski definition) is 5. The Morgan fingerprint density at radius 2 is 2.31 bits per heavy atom. The molecule has 0 spiro atoms. The van der Waals surface area contributed by atoms with Crippen molar-refractivity contribution < 1.29 is 19.5 Å². The molecule has 0 aliphatic heterocycles. The van der Waals surface area contributed by atoms with E-state index in [1.54, 1.807) is 0 Å². The molecule has 2 N–H and O–H groups in total. The van der Waals surface area contributed by atoms with Gasteiger partial charge in [-0.2, -0.15) is 0 Å². The van der Waals surface area contributed by atoms with Gasteiger partial charge in [0.25, 0.3) is 0 Å². The molecule has 0 aromatic carbocycles. The summed E-state index contributed by atoms with van der Waals surface area (Å²) in [6.45, 7) is 0.0470. The van der Waals surface area contributed by atoms with Gasteiger partial charge in [-0.15, -0.1) is 0 Å². The first-order valence-corrected chi connectivity index (χ1v) is 3.67. The molecule has 13 heavy (non-hydrogen) atoms. The summed E-state index contributed by atoms with van der Waals surface area (Å²) in [6.07, 6.45) is 2.85. The maximum absolute atomic E-state index is 8.91. The highest BCUT2D eigenvalue weighted by atomic mass is 16.7. The van der Waals surface area contributed by atoms with Crippen LogP contribution in [0.2, 0.25) is 0 Å². The SMILES string of the molecule is COCOc1cnccc1B(O)O. The molecule has 1 aromatic heterocycles. The second-order valence-electron chi connectivity index (χ2n) is 2.34. The van der Waals surface area contributed by atoms with Crippen molar-refractivity contribution in [2.24, 2.45) is 0 Å². The Labute approximate surface area is 76.1 Å². The average Bonchev–Trinajstić information content (AvgIpc) is 2.15. The highest BCUT2D eigenvalue weighted by Gasteiger charge is 2.16. The van der Waals surface area contributed by atoms with Gasteiger partial charge in [-0.3, -0.25) is 4.98 Å². The van der Waals surface area contributed by atoms with E-state index >= 15 is 0 Å². The van der Waals surface area contributed by atoms with E-state index in [0.29, 0.717) is 5.75 Å². The fourth-order valence-electron chi connectivity index (χ4n) is 0.847. The fraction of sp³-hybridized carbons (Fsp3) is 0.286. The minimum Gasteiger partial charge on any atom is -0.466 e. The van der Waals surface area contributed by atoms with Gasteiger partial charge < -0.3 is 19.5 Å². The van der Waals surface area contributed by atoms with Crippen LogP contribution in [0.15, 0.2) is 18.5 Å². The first kappa shape index (κ1) is 9.98. The van der Waals surface area contributed by atoms with Crippen LogP contribution in [0.25, 0.3) is 0 Å². The van der Waals surface area contributed by atoms with Crippen molar-refractivity contribution in [3.63, 3.8) is 0 Å². The molecular formula is C7H10BNO4. The molecule has 1 aromatic rings. The Hall–Kier alpha value is -1.11. The highest BCUT2D eigenvalue weighted by Crippen LogP contribution is 2.04. The maximum Gasteiger partial charge on any atom is 0.492 e. The predicted octanol–water partition coefficient (Wildman–Crippen LogP) is -1.26. The van der Waals surface area contributed by atoms with Crippen molar-refractivity contribution in [3.8, 4) is 5.75 Å². The zero-order valence-electron chi connectivity index (χ0n) is 7.17. The first-order valence-electron chi connectivity index (χ1n) is 3.67. The third kappa shape index (κ3) is 2.69. The Balaban J connectivity index is 2.78. The summed E-state index contributed by atoms with van der Waals surface area (Å²) in [5.41, 5.74) is 0.270. The molecule has 5 nitrogen and oxygen atoms in total. The van der Waals surface area contributed by atoms with Crippen LogP contribution in [0, 0.1) is 0 Å². The van der Waals surface area contributed by atoms with Crippen molar-refractivity contribution in [2.45, 2.75) is 0 Å². The normalized spacial score (nSPS) is 9.77. The molecular weight excluding hydrogens is 173 g/mol. The standard InChI is InChI=1S/C7H10BNO4/c1-12-5-13-7-4-9-3-2-6(7)8(10)11/h2-4,10-11H,5H2,1H3. The van der Waals surface area contributed by atoms with Gasteiger partial charge in [0, 0.05) is 18.8 Å². The van der Waals surface area contributed by atoms with Crippen LogP contribution in [-0.4, -0.2) is 36.1 Å². The molecule has 70 valence electrons. The largest absolute Gasteiger partial charge is 0.492 e. The summed E-state index contributed by atoms with van der Waals surface area (Å²) in [7, 11) is -0.0827. The van der Waals surface area contributed by atoms with Gasteiger partial charge >= 0.3 is 7.12 Å². The zero-order chi connectivity index (χ0) is 9.68. The third-order valence-electron chi connectivity index (χ3n) is 1.43. The quantitative estimate of drug-likeness (QED) is 0.450. The van der Waals surface area contributed by atoms with Gasteiger partial charge in [-0.05, 0) is 6.07 Å². The molecule has 1 heterocycles. The van der Waals surface area contributed by atoms with Crippen LogP contribution in [0.5, 0.6) is 5.75 Å². The number of rotatable bonds is 4. The molecule has 0 saturated carbocycles. The summed E-state index contributed by atoms with van der Waals surface area (Å²) >= 11 is 0. The molecule has 0 fully saturated rings. The molecule has 0 aliphatic rings. The van der Waals surface area contributed by atoms with E-state index in [1.807, 2.05) is 0 Å². The van der Waals surface area contributed by atoms with Crippen LogP contribution in [0.4, 0.5) is 0 Å². The van der Waals surface area contributed by atoms with Crippen LogP contribution in [0.3, 0.4) is 0 Å². The van der Waals surface area contributed by atoms with Crippen LogP contribution < -0.4 is 10.2 Å². The minimum atomic E-state index is -1.56. The van der Waals surface area contributed by atoms with E-state index in [9.17, 15) is 0 Å². The van der Waals surface area contributed by atoms with E-state index < -0.39 is 7.12 Å². The zero-order valence-corrected chi connectivity index (χ0v) is 7.17. The monoisotopic (exact) mass is 183 g/mol. The Kier molecular flexibility index (Phi) is 3.69. The van der Waals surface area contributed by atoms with Gasteiger partial charge in [-0.1, -0.05) is 0 Å². The van der Waals surface area contributed by atoms with Crippen molar-refractivity contribution in [2.75, 3.05) is 13.9 Å². The van der Waals surface area contributed by atoms with Crippen LogP contribution in [-0.2, 0) is 4.74 Å². The van der Waals surface area contributed by atoms with Gasteiger partial charge in [0.1, 0.15) is 5.75 Å². The summed E-state index contributed by atoms with van der Waals surface area (Å²) < 4.78 is 9.71. The Bertz CT molecular complexity index is 268. The average molecular weight is 183 g/mol. The molecule has 0 radical (unpaired) electrons. The van der Waals surface area contributed by atoms with Crippen molar-refractivity contribution in [1.82, 2.24) is 4.98 Å². The number of nitrogens with zero attached hydrogens (tertiary/aromatic N) is 1. The molecule has 0 bridgehead atoms. The van der Waals surface area contributed by atoms with Gasteiger partial charge in [0.05, 0.1) is 6.20 Å². The lowest BCUT2D eigenvalue weighted by Crippen LogP contribution is -2.31. The highest BCUT2D eigenvalue weighted by molar-refractivity contribution is 6.59. The van der Waals surface area contributed by atoms with E-state index in [4.69, 9.17) is 14.8 Å². The fourth-order valence-corrected chi connectivity index (χ4v) is 0.847. The topological polar surface area (TPSA) is 71.8 Å². The number of methoxy groups -OCH3 is 1. The lowest BCUT2D eigenvalue weighted by Gasteiger charge is -2.08. The molecule has 6 heteroatoms. The summed E-state index contributed by atoms with van der Waals surface area (Å²) in [4.78, 5) is 3.78. The molecule has 0 amide bonds. The second kappa shape index (κ2) is 4.81. The van der Waals surface area contributed by atoms with Crippen molar-refractivity contribution in [1.29, 1.82) is 0 Å². The van der Waals surface area contributed by atoms with Crippen LogP contribution in [0.1, 0.15) is 0 Å². The lowest BCUT2D eigenvalue weighted by molar-refractivity contribution is 0.0514. The molecule has 1 rings (SSSR count). The summed E-state index contributed by atoms with van der Waals surface area (Å²) in [6, 6.07) is 1.47. The molecule has 0 saturated heterocycles. The van der Waals surface area contributed by atoms with Crippen LogP contribution >= 0.6 is 0 Å². The van der Waals surface area contributed by atoms with Crippen molar-refractivity contribution >= 4 is 12.6 Å². The molecule has 0 aliphatic carbocycles.